The zero-order valence-corrected chi connectivity index (χ0v) is 13.2. The first-order valence-electron chi connectivity index (χ1n) is 7.95. The lowest BCUT2D eigenvalue weighted by Gasteiger charge is -2.35. The number of fused-ring (bicyclic) bond motifs is 1. The third-order valence-electron chi connectivity index (χ3n) is 4.75. The average molecular weight is 304 g/mol. The number of rotatable bonds is 4. The van der Waals surface area contributed by atoms with E-state index in [9.17, 15) is 4.79 Å². The second-order valence-electron chi connectivity index (χ2n) is 6.03. The Labute approximate surface area is 131 Å². The van der Waals surface area contributed by atoms with Crippen LogP contribution in [0.4, 0.5) is 0 Å². The fraction of sp³-hybridized carbons (Fsp3) is 0.588. The van der Waals surface area contributed by atoms with Gasteiger partial charge in [0.25, 0.3) is 0 Å². The monoisotopic (exact) mass is 304 g/mol. The summed E-state index contributed by atoms with van der Waals surface area (Å²) in [5, 5.41) is 2.69. The zero-order valence-electron chi connectivity index (χ0n) is 13.2. The summed E-state index contributed by atoms with van der Waals surface area (Å²) in [5.41, 5.74) is 1.29. The van der Waals surface area contributed by atoms with E-state index in [-0.39, 0.29) is 18.1 Å². The van der Waals surface area contributed by atoms with Crippen LogP contribution >= 0.6 is 0 Å². The number of methoxy groups -OCH3 is 1. The highest BCUT2D eigenvalue weighted by atomic mass is 16.5. The van der Waals surface area contributed by atoms with Crippen molar-refractivity contribution < 1.29 is 14.3 Å². The number of hydrogen-bond donors (Lipinski definition) is 1. The van der Waals surface area contributed by atoms with Gasteiger partial charge in [0.05, 0.1) is 13.2 Å². The van der Waals surface area contributed by atoms with Crippen LogP contribution in [0.1, 0.15) is 24.8 Å². The minimum atomic E-state index is -0.271. The second kappa shape index (κ2) is 6.67. The van der Waals surface area contributed by atoms with Crippen molar-refractivity contribution in [1.82, 2.24) is 10.2 Å². The van der Waals surface area contributed by atoms with Crippen molar-refractivity contribution in [2.45, 2.75) is 44.1 Å². The molecule has 0 radical (unpaired) electrons. The van der Waals surface area contributed by atoms with Crippen molar-refractivity contribution in [3.63, 3.8) is 0 Å². The van der Waals surface area contributed by atoms with E-state index < -0.39 is 0 Å². The third-order valence-corrected chi connectivity index (χ3v) is 4.75. The van der Waals surface area contributed by atoms with Crippen LogP contribution in [0.25, 0.3) is 0 Å². The maximum absolute atomic E-state index is 11.7. The minimum absolute atomic E-state index is 0.00653. The summed E-state index contributed by atoms with van der Waals surface area (Å²) in [6, 6.07) is 8.67. The molecule has 22 heavy (non-hydrogen) atoms. The number of benzene rings is 1. The molecule has 0 aliphatic carbocycles. The maximum Gasteiger partial charge on any atom is 0.248 e. The van der Waals surface area contributed by atoms with Gasteiger partial charge < -0.3 is 14.8 Å². The highest BCUT2D eigenvalue weighted by Gasteiger charge is 2.41. The van der Waals surface area contributed by atoms with E-state index in [1.165, 1.54) is 5.56 Å². The average Bonchev–Trinajstić information content (AvgIpc) is 2.97. The van der Waals surface area contributed by atoms with Gasteiger partial charge in [-0.15, -0.1) is 0 Å². The fourth-order valence-electron chi connectivity index (χ4n) is 3.53. The van der Waals surface area contributed by atoms with Gasteiger partial charge in [-0.3, -0.25) is 9.69 Å². The molecule has 1 amide bonds. The molecule has 3 atom stereocenters. The summed E-state index contributed by atoms with van der Waals surface area (Å²) in [5.74, 6) is 0.893. The van der Waals surface area contributed by atoms with Gasteiger partial charge in [0.15, 0.2) is 0 Å². The Morgan fingerprint density at radius 1 is 1.32 bits per heavy atom. The molecule has 0 spiro atoms. The van der Waals surface area contributed by atoms with Gasteiger partial charge in [-0.2, -0.15) is 0 Å². The van der Waals surface area contributed by atoms with Crippen molar-refractivity contribution in [1.29, 1.82) is 0 Å². The molecule has 0 bridgehead atoms. The molecule has 120 valence electrons. The van der Waals surface area contributed by atoms with Crippen molar-refractivity contribution in [3.8, 4) is 5.75 Å². The molecular weight excluding hydrogens is 280 g/mol. The van der Waals surface area contributed by atoms with Crippen molar-refractivity contribution in [3.05, 3.63) is 29.8 Å². The number of likely N-dealkylation sites (tertiary alicyclic amines) is 1. The van der Waals surface area contributed by atoms with Crippen LogP contribution in [0.5, 0.6) is 5.75 Å². The van der Waals surface area contributed by atoms with Crippen molar-refractivity contribution in [2.24, 2.45) is 0 Å². The Bertz CT molecular complexity index is 517. The largest absolute Gasteiger partial charge is 0.497 e. The van der Waals surface area contributed by atoms with E-state index in [1.807, 2.05) is 12.1 Å². The van der Waals surface area contributed by atoms with Gasteiger partial charge in [0, 0.05) is 26.2 Å². The van der Waals surface area contributed by atoms with Crippen LogP contribution in [-0.2, 0) is 16.1 Å². The molecule has 5 nitrogen and oxygen atoms in total. The van der Waals surface area contributed by atoms with Crippen molar-refractivity contribution >= 4 is 5.91 Å². The lowest BCUT2D eigenvalue weighted by Crippen LogP contribution is -2.47. The SMILES string of the molecule is CNC(=O)[C@H]1CC[C@@H]2[C@@H](CCN2Cc2ccc(OC)cc2)O1. The summed E-state index contributed by atoms with van der Waals surface area (Å²) in [6.45, 7) is 1.96. The topological polar surface area (TPSA) is 50.8 Å². The number of likely N-dealkylation sites (N-methyl/N-ethyl adjacent to an activating group) is 1. The number of ether oxygens (including phenoxy) is 2. The number of nitrogens with one attached hydrogen (secondary N) is 1. The van der Waals surface area contributed by atoms with Gasteiger partial charge in [0.2, 0.25) is 5.91 Å². The second-order valence-corrected chi connectivity index (χ2v) is 6.03. The van der Waals surface area contributed by atoms with Gasteiger partial charge >= 0.3 is 0 Å². The minimum Gasteiger partial charge on any atom is -0.497 e. The molecular formula is C17H24N2O3. The van der Waals surface area contributed by atoms with Gasteiger partial charge in [-0.1, -0.05) is 12.1 Å². The molecule has 1 aromatic rings. The first-order valence-corrected chi connectivity index (χ1v) is 7.95. The van der Waals surface area contributed by atoms with Crippen LogP contribution in [0.3, 0.4) is 0 Å². The van der Waals surface area contributed by atoms with Gasteiger partial charge in [-0.25, -0.2) is 0 Å². The number of amides is 1. The van der Waals surface area contributed by atoms with Crippen LogP contribution in [-0.4, -0.2) is 49.8 Å². The maximum atomic E-state index is 11.7. The highest BCUT2D eigenvalue weighted by Crippen LogP contribution is 2.32. The van der Waals surface area contributed by atoms with Crippen LogP contribution in [0.15, 0.2) is 24.3 Å². The van der Waals surface area contributed by atoms with E-state index in [1.54, 1.807) is 14.2 Å². The molecule has 0 unspecified atom stereocenters. The number of carbonyl (C=O) groups is 1. The first-order chi connectivity index (χ1) is 10.7. The van der Waals surface area contributed by atoms with E-state index in [0.717, 1.165) is 38.1 Å². The lowest BCUT2D eigenvalue weighted by molar-refractivity contribution is -0.143. The summed E-state index contributed by atoms with van der Waals surface area (Å²) < 4.78 is 11.2. The molecule has 2 aliphatic heterocycles. The Kier molecular flexibility index (Phi) is 4.64. The quantitative estimate of drug-likeness (QED) is 0.917. The number of hydrogen-bond acceptors (Lipinski definition) is 4. The summed E-state index contributed by atoms with van der Waals surface area (Å²) in [4.78, 5) is 14.2. The third kappa shape index (κ3) is 3.10. The predicted molar refractivity (Wildman–Crippen MR) is 83.8 cm³/mol. The molecule has 3 rings (SSSR count). The van der Waals surface area contributed by atoms with Crippen molar-refractivity contribution in [2.75, 3.05) is 20.7 Å². The standard InChI is InChI=1S/C17H24N2O3/c1-18-17(20)16-8-7-14-15(22-16)9-10-19(14)11-12-3-5-13(21-2)6-4-12/h3-6,14-16H,7-11H2,1-2H3,(H,18,20)/t14-,15-,16-/m1/s1. The lowest BCUT2D eigenvalue weighted by atomic mass is 9.98. The molecule has 0 aromatic heterocycles. The Balaban J connectivity index is 1.60. The molecule has 2 aliphatic rings. The van der Waals surface area contributed by atoms with E-state index in [0.29, 0.717) is 6.04 Å². The predicted octanol–water partition coefficient (Wildman–Crippen LogP) is 1.56. The molecule has 0 saturated carbocycles. The van der Waals surface area contributed by atoms with E-state index in [4.69, 9.17) is 9.47 Å². The smallest absolute Gasteiger partial charge is 0.248 e. The van der Waals surface area contributed by atoms with Gasteiger partial charge in [0.1, 0.15) is 11.9 Å². The van der Waals surface area contributed by atoms with E-state index >= 15 is 0 Å². The molecule has 2 fully saturated rings. The normalized spacial score (nSPS) is 28.2. The fourth-order valence-corrected chi connectivity index (χ4v) is 3.53. The zero-order chi connectivity index (χ0) is 15.5. The Morgan fingerprint density at radius 2 is 2.09 bits per heavy atom. The Hall–Kier alpha value is -1.59. The van der Waals surface area contributed by atoms with Crippen LogP contribution < -0.4 is 10.1 Å². The molecule has 5 heteroatoms. The summed E-state index contributed by atoms with van der Waals surface area (Å²) in [7, 11) is 3.35. The summed E-state index contributed by atoms with van der Waals surface area (Å²) in [6.07, 6.45) is 2.76. The van der Waals surface area contributed by atoms with Gasteiger partial charge in [-0.05, 0) is 37.0 Å². The molecule has 2 saturated heterocycles. The molecule has 2 heterocycles. The first kappa shape index (κ1) is 15.3. The van der Waals surface area contributed by atoms with Crippen LogP contribution in [0, 0.1) is 0 Å². The number of carbonyl (C=O) groups excluding carboxylic acids is 1. The van der Waals surface area contributed by atoms with E-state index in [2.05, 4.69) is 22.3 Å². The molecule has 1 aromatic carbocycles. The number of nitrogens with zero attached hydrogens (tertiary/aromatic N) is 1. The molecule has 1 N–H and O–H groups in total. The summed E-state index contributed by atoms with van der Waals surface area (Å²) >= 11 is 0. The van der Waals surface area contributed by atoms with Crippen LogP contribution in [0.2, 0.25) is 0 Å². The Morgan fingerprint density at radius 3 is 2.77 bits per heavy atom. The highest BCUT2D eigenvalue weighted by molar-refractivity contribution is 5.80.